The minimum absolute atomic E-state index is 0.0442. The average Bonchev–Trinajstić information content (AvgIpc) is 2.99. The Kier molecular flexibility index (Phi) is 12.4. The standard InChI is InChI=1S/C32H49N7O5S/c1-8-34-32(41)39-14-12-38(13-15-39)30(40)28(17-23-10-9-11-25(16-23)35-31(33)36-42)37-45(43,44)29-26(21(4)5)18-24(20(2)3)19-27(29)22(6)7/h9-11,16,18-22,28,37,42H,8,12-15,17H2,1-7H3,(H,34,41)(H3,33,35,36). The van der Waals surface area contributed by atoms with E-state index in [9.17, 15) is 18.0 Å². The Hall–Kier alpha value is -3.68. The zero-order valence-corrected chi connectivity index (χ0v) is 28.2. The maximum absolute atomic E-state index is 14.4. The fourth-order valence-electron chi connectivity index (χ4n) is 5.39. The minimum atomic E-state index is -4.18. The van der Waals surface area contributed by atoms with Crippen molar-refractivity contribution >= 4 is 33.6 Å². The first-order valence-electron chi connectivity index (χ1n) is 15.5. The van der Waals surface area contributed by atoms with Gasteiger partial charge in [-0.1, -0.05) is 65.8 Å². The molecule has 45 heavy (non-hydrogen) atoms. The number of rotatable bonds is 11. The Morgan fingerprint density at radius 2 is 1.51 bits per heavy atom. The van der Waals surface area contributed by atoms with Crippen molar-refractivity contribution in [1.82, 2.24) is 25.3 Å². The lowest BCUT2D eigenvalue weighted by molar-refractivity contribution is -0.134. The van der Waals surface area contributed by atoms with Crippen molar-refractivity contribution in [3.05, 3.63) is 58.7 Å². The lowest BCUT2D eigenvalue weighted by atomic mass is 9.89. The van der Waals surface area contributed by atoms with Crippen LogP contribution >= 0.6 is 0 Å². The number of nitrogens with two attached hydrogens (primary N) is 1. The number of hydroxylamine groups is 1. The lowest BCUT2D eigenvalue weighted by Crippen LogP contribution is -2.57. The molecular formula is C32H49N7O5S. The molecule has 12 nitrogen and oxygen atoms in total. The molecule has 0 radical (unpaired) electrons. The third-order valence-corrected chi connectivity index (χ3v) is 9.47. The molecule has 13 heteroatoms. The topological polar surface area (TPSA) is 169 Å². The van der Waals surface area contributed by atoms with Crippen LogP contribution in [0.1, 0.15) is 88.5 Å². The van der Waals surface area contributed by atoms with E-state index in [1.54, 1.807) is 39.5 Å². The number of urea groups is 1. The molecule has 0 bridgehead atoms. The number of carbonyl (C=O) groups is 2. The van der Waals surface area contributed by atoms with Gasteiger partial charge in [0, 0.05) is 32.7 Å². The zero-order valence-electron chi connectivity index (χ0n) is 27.4. The van der Waals surface area contributed by atoms with Gasteiger partial charge in [-0.15, -0.1) is 0 Å². The Labute approximate surface area is 267 Å². The highest BCUT2D eigenvalue weighted by atomic mass is 32.2. The van der Waals surface area contributed by atoms with Gasteiger partial charge in [-0.3, -0.25) is 10.0 Å². The molecule has 1 aliphatic rings. The van der Waals surface area contributed by atoms with Crippen LogP contribution in [-0.4, -0.2) is 80.1 Å². The molecule has 0 aromatic heterocycles. The van der Waals surface area contributed by atoms with Crippen LogP contribution in [0.4, 0.5) is 10.5 Å². The molecule has 1 aliphatic heterocycles. The summed E-state index contributed by atoms with van der Waals surface area (Å²) < 4.78 is 31.6. The number of aliphatic imine (C=N–C) groups is 1. The summed E-state index contributed by atoms with van der Waals surface area (Å²) in [5.74, 6) is -0.538. The third kappa shape index (κ3) is 9.18. The monoisotopic (exact) mass is 643 g/mol. The van der Waals surface area contributed by atoms with Crippen molar-refractivity contribution in [3.63, 3.8) is 0 Å². The van der Waals surface area contributed by atoms with Crippen LogP contribution in [0.25, 0.3) is 0 Å². The summed E-state index contributed by atoms with van der Waals surface area (Å²) >= 11 is 0. The molecule has 1 fully saturated rings. The SMILES string of the molecule is CCNC(=O)N1CCN(C(=O)C(Cc2cccc(N=C(N)NO)c2)NS(=O)(=O)c2c(C(C)C)cc(C(C)C)cc2C(C)C)CC1. The number of carbonyl (C=O) groups excluding carboxylic acids is 2. The van der Waals surface area contributed by atoms with E-state index in [2.05, 4.69) is 28.9 Å². The molecule has 0 saturated carbocycles. The summed E-state index contributed by atoms with van der Waals surface area (Å²) in [5.41, 5.74) is 10.9. The smallest absolute Gasteiger partial charge is 0.317 e. The van der Waals surface area contributed by atoms with Crippen LogP contribution in [0.5, 0.6) is 0 Å². The van der Waals surface area contributed by atoms with Crippen molar-refractivity contribution in [2.24, 2.45) is 10.7 Å². The van der Waals surface area contributed by atoms with Crippen LogP contribution in [0.15, 0.2) is 46.3 Å². The van der Waals surface area contributed by atoms with E-state index in [0.29, 0.717) is 42.0 Å². The number of hydrogen-bond donors (Lipinski definition) is 5. The summed E-state index contributed by atoms with van der Waals surface area (Å²) in [6.45, 7) is 15.6. The maximum atomic E-state index is 14.4. The van der Waals surface area contributed by atoms with Crippen LogP contribution in [0.2, 0.25) is 0 Å². The van der Waals surface area contributed by atoms with Gasteiger partial charge in [-0.25, -0.2) is 23.7 Å². The van der Waals surface area contributed by atoms with Gasteiger partial charge in [-0.2, -0.15) is 4.72 Å². The van der Waals surface area contributed by atoms with Crippen LogP contribution in [0, 0.1) is 0 Å². The molecular weight excluding hydrogens is 594 g/mol. The van der Waals surface area contributed by atoms with Gasteiger partial charge in [0.05, 0.1) is 10.6 Å². The van der Waals surface area contributed by atoms with Gasteiger partial charge in [0.1, 0.15) is 6.04 Å². The summed E-state index contributed by atoms with van der Waals surface area (Å²) in [5, 5.41) is 11.8. The molecule has 1 saturated heterocycles. The first kappa shape index (κ1) is 35.8. The third-order valence-electron chi connectivity index (χ3n) is 7.86. The first-order chi connectivity index (χ1) is 21.2. The molecule has 3 amide bonds. The van der Waals surface area contributed by atoms with E-state index in [1.807, 2.05) is 46.8 Å². The number of hydrogen-bond acceptors (Lipinski definition) is 6. The predicted molar refractivity (Wildman–Crippen MR) is 176 cm³/mol. The van der Waals surface area contributed by atoms with Crippen molar-refractivity contribution < 1.29 is 23.2 Å². The first-order valence-corrected chi connectivity index (χ1v) is 17.0. The fraction of sp³-hybridized carbons (Fsp3) is 0.531. The van der Waals surface area contributed by atoms with Gasteiger partial charge in [0.25, 0.3) is 0 Å². The van der Waals surface area contributed by atoms with E-state index in [-0.39, 0.29) is 60.1 Å². The molecule has 248 valence electrons. The predicted octanol–water partition coefficient (Wildman–Crippen LogP) is 3.75. The molecule has 1 atom stereocenters. The number of sulfonamides is 1. The largest absolute Gasteiger partial charge is 0.368 e. The van der Waals surface area contributed by atoms with Gasteiger partial charge in [0.15, 0.2) is 0 Å². The highest BCUT2D eigenvalue weighted by molar-refractivity contribution is 7.89. The molecule has 1 heterocycles. The van der Waals surface area contributed by atoms with E-state index in [4.69, 9.17) is 10.9 Å². The second-order valence-electron chi connectivity index (χ2n) is 12.3. The minimum Gasteiger partial charge on any atom is -0.368 e. The van der Waals surface area contributed by atoms with Gasteiger partial charge < -0.3 is 20.9 Å². The molecule has 0 spiro atoms. The Morgan fingerprint density at radius 3 is 2.02 bits per heavy atom. The molecule has 2 aromatic rings. The van der Waals surface area contributed by atoms with Crippen molar-refractivity contribution in [3.8, 4) is 0 Å². The fourth-order valence-corrected chi connectivity index (χ4v) is 7.28. The van der Waals surface area contributed by atoms with E-state index in [1.165, 1.54) is 0 Å². The second kappa shape index (κ2) is 15.5. The number of amides is 3. The Morgan fingerprint density at radius 1 is 0.933 bits per heavy atom. The number of benzene rings is 2. The van der Waals surface area contributed by atoms with Gasteiger partial charge in [0.2, 0.25) is 21.9 Å². The van der Waals surface area contributed by atoms with Crippen LogP contribution in [-0.2, 0) is 21.2 Å². The van der Waals surface area contributed by atoms with Gasteiger partial charge in [-0.05, 0) is 65.5 Å². The summed E-state index contributed by atoms with van der Waals surface area (Å²) in [6, 6.07) is 9.46. The molecule has 1 unspecified atom stereocenters. The Bertz CT molecular complexity index is 1450. The van der Waals surface area contributed by atoms with Crippen molar-refractivity contribution in [2.45, 2.75) is 83.6 Å². The quantitative estimate of drug-likeness (QED) is 0.141. The highest BCUT2D eigenvalue weighted by Gasteiger charge is 2.35. The Balaban J connectivity index is 2.05. The van der Waals surface area contributed by atoms with E-state index in [0.717, 1.165) is 5.56 Å². The number of guanidine groups is 1. The molecule has 3 rings (SSSR count). The van der Waals surface area contributed by atoms with Gasteiger partial charge >= 0.3 is 6.03 Å². The lowest BCUT2D eigenvalue weighted by Gasteiger charge is -2.36. The van der Waals surface area contributed by atoms with Crippen molar-refractivity contribution in [2.75, 3.05) is 32.7 Å². The number of piperazine rings is 1. The average molecular weight is 644 g/mol. The van der Waals surface area contributed by atoms with Crippen LogP contribution in [0.3, 0.4) is 0 Å². The number of nitrogens with zero attached hydrogens (tertiary/aromatic N) is 3. The number of nitrogens with one attached hydrogen (secondary N) is 3. The summed E-state index contributed by atoms with van der Waals surface area (Å²) in [7, 11) is -4.18. The van der Waals surface area contributed by atoms with Crippen molar-refractivity contribution in [1.29, 1.82) is 0 Å². The van der Waals surface area contributed by atoms with Crippen LogP contribution < -0.4 is 21.3 Å². The zero-order chi connectivity index (χ0) is 33.5. The molecule has 6 N–H and O–H groups in total. The summed E-state index contributed by atoms with van der Waals surface area (Å²) in [4.78, 5) is 34.0. The molecule has 0 aliphatic carbocycles. The van der Waals surface area contributed by atoms with E-state index < -0.39 is 16.1 Å². The van der Waals surface area contributed by atoms with E-state index >= 15 is 0 Å². The summed E-state index contributed by atoms with van der Waals surface area (Å²) in [6.07, 6.45) is 0.0442. The normalized spacial score (nSPS) is 15.1. The molecule has 2 aromatic carbocycles. The second-order valence-corrected chi connectivity index (χ2v) is 13.9. The maximum Gasteiger partial charge on any atom is 0.317 e. The highest BCUT2D eigenvalue weighted by Crippen LogP contribution is 2.35.